The van der Waals surface area contributed by atoms with E-state index in [-0.39, 0.29) is 17.1 Å². The molecular formula is C15H16O9. The molecule has 0 bridgehead atoms. The predicted molar refractivity (Wildman–Crippen MR) is 78.5 cm³/mol. The van der Waals surface area contributed by atoms with Gasteiger partial charge in [-0.05, 0) is 12.1 Å². The summed E-state index contributed by atoms with van der Waals surface area (Å²) in [7, 11) is 0. The lowest BCUT2D eigenvalue weighted by molar-refractivity contribution is -0.277. The number of aliphatic hydroxyl groups is 4. The van der Waals surface area contributed by atoms with Crippen LogP contribution in [0.15, 0.2) is 33.5 Å². The van der Waals surface area contributed by atoms with Gasteiger partial charge in [0.2, 0.25) is 6.29 Å². The molecule has 0 spiro atoms. The Bertz CT molecular complexity index is 784. The van der Waals surface area contributed by atoms with Gasteiger partial charge in [-0.1, -0.05) is 0 Å². The number of aromatic hydroxyl groups is 1. The van der Waals surface area contributed by atoms with E-state index in [0.29, 0.717) is 5.39 Å². The van der Waals surface area contributed by atoms with Crippen molar-refractivity contribution in [3.63, 3.8) is 0 Å². The van der Waals surface area contributed by atoms with Gasteiger partial charge in [0.05, 0.1) is 6.61 Å². The SMILES string of the molecule is O=c1ccc2cc(O[C@H]3O[C@H](CO)[C@@H](O)[C@H](O)[C@H]3O)c(O)cc2o1. The van der Waals surface area contributed by atoms with Crippen LogP contribution in [-0.4, -0.2) is 62.8 Å². The van der Waals surface area contributed by atoms with Crippen molar-refractivity contribution in [2.45, 2.75) is 30.7 Å². The molecule has 2 aromatic rings. The van der Waals surface area contributed by atoms with Crippen molar-refractivity contribution in [3.05, 3.63) is 34.7 Å². The Kier molecular flexibility index (Phi) is 4.43. The number of rotatable bonds is 3. The van der Waals surface area contributed by atoms with Crippen molar-refractivity contribution in [1.29, 1.82) is 0 Å². The van der Waals surface area contributed by atoms with Crippen molar-refractivity contribution in [2.24, 2.45) is 0 Å². The van der Waals surface area contributed by atoms with Crippen LogP contribution in [0.2, 0.25) is 0 Å². The van der Waals surface area contributed by atoms with Gasteiger partial charge in [0.15, 0.2) is 11.5 Å². The van der Waals surface area contributed by atoms with E-state index >= 15 is 0 Å². The minimum atomic E-state index is -1.60. The molecule has 9 heteroatoms. The first kappa shape index (κ1) is 16.7. The second-order valence-corrected chi connectivity index (χ2v) is 5.43. The normalized spacial score (nSPS) is 30.4. The van der Waals surface area contributed by atoms with Gasteiger partial charge in [-0.25, -0.2) is 4.79 Å². The van der Waals surface area contributed by atoms with Gasteiger partial charge in [0, 0.05) is 17.5 Å². The predicted octanol–water partition coefficient (Wildman–Crippen LogP) is -1.32. The monoisotopic (exact) mass is 340 g/mol. The standard InChI is InChI=1S/C15H16O9/c16-5-10-12(19)13(20)14(21)15(24-10)23-9-3-6-1-2-11(18)22-8(6)4-7(9)17/h1-4,10,12-17,19-21H,5H2/t10-,12-,13+,14-,15+/m1/s1. The van der Waals surface area contributed by atoms with Crippen molar-refractivity contribution in [3.8, 4) is 11.5 Å². The molecule has 0 amide bonds. The van der Waals surface area contributed by atoms with Gasteiger partial charge in [0.25, 0.3) is 0 Å². The largest absolute Gasteiger partial charge is 0.504 e. The fourth-order valence-electron chi connectivity index (χ4n) is 2.47. The summed E-state index contributed by atoms with van der Waals surface area (Å²) in [6.07, 6.45) is -7.27. The highest BCUT2D eigenvalue weighted by molar-refractivity contribution is 5.80. The Hall–Kier alpha value is -2.17. The lowest BCUT2D eigenvalue weighted by atomic mass is 9.99. The van der Waals surface area contributed by atoms with Gasteiger partial charge in [-0.3, -0.25) is 0 Å². The van der Waals surface area contributed by atoms with Gasteiger partial charge in [-0.15, -0.1) is 0 Å². The van der Waals surface area contributed by atoms with Crippen LogP contribution in [0.4, 0.5) is 0 Å². The number of aliphatic hydroxyl groups excluding tert-OH is 4. The van der Waals surface area contributed by atoms with E-state index in [2.05, 4.69) is 0 Å². The van der Waals surface area contributed by atoms with Crippen LogP contribution in [0.5, 0.6) is 11.5 Å². The zero-order valence-electron chi connectivity index (χ0n) is 12.3. The Labute approximate surface area is 134 Å². The second kappa shape index (κ2) is 6.38. The molecule has 1 aliphatic heterocycles. The third-order valence-electron chi connectivity index (χ3n) is 3.79. The highest BCUT2D eigenvalue weighted by Crippen LogP contribution is 2.33. The topological polar surface area (TPSA) is 150 Å². The summed E-state index contributed by atoms with van der Waals surface area (Å²) >= 11 is 0. The maximum absolute atomic E-state index is 11.2. The van der Waals surface area contributed by atoms with E-state index in [1.807, 2.05) is 0 Å². The van der Waals surface area contributed by atoms with Crippen molar-refractivity contribution in [1.82, 2.24) is 0 Å². The molecule has 0 radical (unpaired) electrons. The first-order valence-electron chi connectivity index (χ1n) is 7.15. The average Bonchev–Trinajstić information content (AvgIpc) is 2.56. The second-order valence-electron chi connectivity index (χ2n) is 5.43. The van der Waals surface area contributed by atoms with E-state index < -0.39 is 42.9 Å². The summed E-state index contributed by atoms with van der Waals surface area (Å²) in [5, 5.41) is 49.0. The van der Waals surface area contributed by atoms with Crippen molar-refractivity contribution in [2.75, 3.05) is 6.61 Å². The van der Waals surface area contributed by atoms with Crippen molar-refractivity contribution < 1.29 is 39.4 Å². The molecule has 9 nitrogen and oxygen atoms in total. The molecular weight excluding hydrogens is 324 g/mol. The van der Waals surface area contributed by atoms with Crippen LogP contribution in [-0.2, 0) is 4.74 Å². The van der Waals surface area contributed by atoms with Gasteiger partial charge >= 0.3 is 5.63 Å². The lowest BCUT2D eigenvalue weighted by Gasteiger charge is -2.39. The summed E-state index contributed by atoms with van der Waals surface area (Å²) in [5.74, 6) is -0.477. The van der Waals surface area contributed by atoms with Crippen LogP contribution in [0.3, 0.4) is 0 Å². The Morgan fingerprint density at radius 1 is 1.08 bits per heavy atom. The van der Waals surface area contributed by atoms with Crippen LogP contribution >= 0.6 is 0 Å². The number of ether oxygens (including phenoxy) is 2. The smallest absolute Gasteiger partial charge is 0.336 e. The van der Waals surface area contributed by atoms with Gasteiger partial charge in [0.1, 0.15) is 30.0 Å². The van der Waals surface area contributed by atoms with Crippen LogP contribution in [0, 0.1) is 0 Å². The molecule has 1 aromatic carbocycles. The van der Waals surface area contributed by atoms with Crippen LogP contribution < -0.4 is 10.4 Å². The summed E-state index contributed by atoms with van der Waals surface area (Å²) in [6, 6.07) is 5.17. The highest BCUT2D eigenvalue weighted by Gasteiger charge is 2.44. The fourth-order valence-corrected chi connectivity index (χ4v) is 2.47. The first-order valence-corrected chi connectivity index (χ1v) is 7.15. The molecule has 5 N–H and O–H groups in total. The molecule has 5 atom stereocenters. The molecule has 1 aliphatic rings. The van der Waals surface area contributed by atoms with Crippen LogP contribution in [0.1, 0.15) is 0 Å². The minimum absolute atomic E-state index is 0.0966. The van der Waals surface area contributed by atoms with Crippen LogP contribution in [0.25, 0.3) is 11.0 Å². The summed E-state index contributed by atoms with van der Waals surface area (Å²) in [6.45, 7) is -0.598. The lowest BCUT2D eigenvalue weighted by Crippen LogP contribution is -2.60. The Morgan fingerprint density at radius 2 is 1.83 bits per heavy atom. The fraction of sp³-hybridized carbons (Fsp3) is 0.400. The van der Waals surface area contributed by atoms with Crippen molar-refractivity contribution >= 4 is 11.0 Å². The number of benzene rings is 1. The zero-order valence-corrected chi connectivity index (χ0v) is 12.3. The zero-order chi connectivity index (χ0) is 17.4. The Morgan fingerprint density at radius 3 is 2.54 bits per heavy atom. The van der Waals surface area contributed by atoms with Gasteiger partial charge in [-0.2, -0.15) is 0 Å². The molecule has 0 unspecified atom stereocenters. The number of phenolic OH excluding ortho intramolecular Hbond substituents is 1. The molecule has 1 aromatic heterocycles. The third kappa shape index (κ3) is 2.95. The van der Waals surface area contributed by atoms with E-state index in [4.69, 9.17) is 19.0 Å². The minimum Gasteiger partial charge on any atom is -0.504 e. The molecule has 1 saturated heterocycles. The number of hydrogen-bond donors (Lipinski definition) is 5. The highest BCUT2D eigenvalue weighted by atomic mass is 16.7. The summed E-state index contributed by atoms with van der Waals surface area (Å²) in [5.41, 5.74) is -0.439. The summed E-state index contributed by atoms with van der Waals surface area (Å²) in [4.78, 5) is 11.2. The molecule has 3 rings (SSSR count). The number of phenols is 1. The molecule has 0 aliphatic carbocycles. The summed E-state index contributed by atoms with van der Waals surface area (Å²) < 4.78 is 15.5. The molecule has 2 heterocycles. The number of hydrogen-bond acceptors (Lipinski definition) is 9. The number of fused-ring (bicyclic) bond motifs is 1. The quantitative estimate of drug-likeness (QED) is 0.429. The molecule has 130 valence electrons. The molecule has 24 heavy (non-hydrogen) atoms. The van der Waals surface area contributed by atoms with E-state index in [9.17, 15) is 25.2 Å². The maximum atomic E-state index is 11.2. The first-order chi connectivity index (χ1) is 11.4. The van der Waals surface area contributed by atoms with E-state index in [0.717, 1.165) is 6.07 Å². The average molecular weight is 340 g/mol. The molecule has 0 saturated carbocycles. The van der Waals surface area contributed by atoms with Gasteiger partial charge < -0.3 is 39.4 Å². The van der Waals surface area contributed by atoms with E-state index in [1.165, 1.54) is 18.2 Å². The Balaban J connectivity index is 1.89. The molecule has 1 fully saturated rings. The van der Waals surface area contributed by atoms with E-state index in [1.54, 1.807) is 0 Å². The maximum Gasteiger partial charge on any atom is 0.336 e. The third-order valence-corrected chi connectivity index (χ3v) is 3.79.